The number of benzene rings is 1. The van der Waals surface area contributed by atoms with Gasteiger partial charge in [-0.3, -0.25) is 4.79 Å². The summed E-state index contributed by atoms with van der Waals surface area (Å²) in [7, 11) is 0. The molecule has 0 radical (unpaired) electrons. The summed E-state index contributed by atoms with van der Waals surface area (Å²) in [6.07, 6.45) is 5.02. The van der Waals surface area contributed by atoms with Gasteiger partial charge in [0.15, 0.2) is 0 Å². The Bertz CT molecular complexity index is 1040. The van der Waals surface area contributed by atoms with Gasteiger partial charge in [-0.15, -0.1) is 22.7 Å². The summed E-state index contributed by atoms with van der Waals surface area (Å²) in [6.45, 7) is 3.06. The van der Waals surface area contributed by atoms with E-state index in [1.807, 2.05) is 36.4 Å². The number of furan rings is 1. The van der Waals surface area contributed by atoms with Crippen LogP contribution in [-0.4, -0.2) is 15.8 Å². The lowest BCUT2D eigenvalue weighted by Crippen LogP contribution is -2.27. The van der Waals surface area contributed by atoms with E-state index in [1.54, 1.807) is 46.0 Å². The lowest BCUT2D eigenvalue weighted by Gasteiger charge is -2.19. The number of carbonyl (C=O) groups excluding carboxylic acids is 1. The van der Waals surface area contributed by atoms with Crippen molar-refractivity contribution < 1.29 is 9.21 Å². The number of hydrogen-bond donors (Lipinski definition) is 0. The third-order valence-electron chi connectivity index (χ3n) is 4.06. The SMILES string of the molecule is Cc1ccc(CN(Cc2ccco2)C(=O)/C=C/c2nc3ccccc3s2)s1. The largest absolute Gasteiger partial charge is 0.467 e. The zero-order valence-corrected chi connectivity index (χ0v) is 16.4. The summed E-state index contributed by atoms with van der Waals surface area (Å²) >= 11 is 3.28. The van der Waals surface area contributed by atoms with Crippen molar-refractivity contribution in [3.05, 3.63) is 81.4 Å². The van der Waals surface area contributed by atoms with Crippen LogP contribution in [0.1, 0.15) is 20.5 Å². The standard InChI is InChI=1S/C21H18N2O2S2/c1-15-8-9-17(26-15)14-23(13-16-5-4-12-25-16)21(24)11-10-20-22-18-6-2-3-7-19(18)27-20/h2-12H,13-14H2,1H3/b11-10+. The van der Waals surface area contributed by atoms with Crippen molar-refractivity contribution in [2.45, 2.75) is 20.0 Å². The molecule has 0 unspecified atom stereocenters. The summed E-state index contributed by atoms with van der Waals surface area (Å²) in [5.74, 6) is 0.710. The molecule has 0 fully saturated rings. The molecule has 0 aliphatic carbocycles. The number of hydrogen-bond acceptors (Lipinski definition) is 5. The fraction of sp³-hybridized carbons (Fsp3) is 0.143. The van der Waals surface area contributed by atoms with Crippen molar-refractivity contribution in [2.75, 3.05) is 0 Å². The van der Waals surface area contributed by atoms with Crippen LogP contribution in [0.25, 0.3) is 16.3 Å². The highest BCUT2D eigenvalue weighted by atomic mass is 32.1. The molecule has 1 amide bonds. The van der Waals surface area contributed by atoms with Gasteiger partial charge in [0, 0.05) is 15.8 Å². The molecule has 27 heavy (non-hydrogen) atoms. The van der Waals surface area contributed by atoms with Crippen LogP contribution in [0.2, 0.25) is 0 Å². The van der Waals surface area contributed by atoms with Crippen molar-refractivity contribution in [2.24, 2.45) is 0 Å². The second kappa shape index (κ2) is 7.90. The van der Waals surface area contributed by atoms with Gasteiger partial charge in [0.25, 0.3) is 0 Å². The smallest absolute Gasteiger partial charge is 0.247 e. The van der Waals surface area contributed by atoms with E-state index in [4.69, 9.17) is 4.42 Å². The van der Waals surface area contributed by atoms with Crippen LogP contribution in [0.3, 0.4) is 0 Å². The van der Waals surface area contributed by atoms with E-state index in [1.165, 1.54) is 4.88 Å². The van der Waals surface area contributed by atoms with Crippen LogP contribution in [0, 0.1) is 6.92 Å². The first-order valence-electron chi connectivity index (χ1n) is 8.57. The molecule has 0 N–H and O–H groups in total. The highest BCUT2D eigenvalue weighted by Gasteiger charge is 2.15. The van der Waals surface area contributed by atoms with Gasteiger partial charge in [-0.1, -0.05) is 12.1 Å². The maximum atomic E-state index is 12.8. The van der Waals surface area contributed by atoms with E-state index in [0.717, 1.165) is 25.9 Å². The molecule has 0 saturated heterocycles. The van der Waals surface area contributed by atoms with Crippen molar-refractivity contribution in [1.29, 1.82) is 0 Å². The molecule has 4 aromatic rings. The van der Waals surface area contributed by atoms with Gasteiger partial charge in [0.1, 0.15) is 10.8 Å². The summed E-state index contributed by atoms with van der Waals surface area (Å²) in [5.41, 5.74) is 0.955. The monoisotopic (exact) mass is 394 g/mol. The first-order valence-corrected chi connectivity index (χ1v) is 10.2. The number of nitrogens with zero attached hydrogens (tertiary/aromatic N) is 2. The fourth-order valence-corrected chi connectivity index (χ4v) is 4.55. The third-order valence-corrected chi connectivity index (χ3v) is 6.05. The van der Waals surface area contributed by atoms with E-state index in [2.05, 4.69) is 24.0 Å². The molecule has 6 heteroatoms. The molecule has 0 aliphatic rings. The van der Waals surface area contributed by atoms with Crippen molar-refractivity contribution in [3.8, 4) is 0 Å². The topological polar surface area (TPSA) is 46.3 Å². The number of aromatic nitrogens is 1. The fourth-order valence-electron chi connectivity index (χ4n) is 2.77. The van der Waals surface area contributed by atoms with E-state index in [-0.39, 0.29) is 5.91 Å². The van der Waals surface area contributed by atoms with Gasteiger partial charge in [-0.2, -0.15) is 0 Å². The minimum atomic E-state index is -0.0586. The first kappa shape index (κ1) is 17.7. The number of carbonyl (C=O) groups is 1. The quantitative estimate of drug-likeness (QED) is 0.406. The molecule has 0 aliphatic heterocycles. The summed E-state index contributed by atoms with van der Waals surface area (Å²) in [5, 5.41) is 0.828. The highest BCUT2D eigenvalue weighted by molar-refractivity contribution is 7.19. The number of rotatable bonds is 6. The average molecular weight is 395 g/mol. The molecular formula is C21H18N2O2S2. The molecule has 136 valence electrons. The summed E-state index contributed by atoms with van der Waals surface area (Å²) in [4.78, 5) is 21.6. The second-order valence-electron chi connectivity index (χ2n) is 6.14. The zero-order chi connectivity index (χ0) is 18.6. The lowest BCUT2D eigenvalue weighted by atomic mass is 10.3. The van der Waals surface area contributed by atoms with Gasteiger partial charge in [0.05, 0.1) is 29.6 Å². The van der Waals surface area contributed by atoms with Crippen molar-refractivity contribution in [3.63, 3.8) is 0 Å². The Morgan fingerprint density at radius 2 is 2.00 bits per heavy atom. The normalized spacial score (nSPS) is 11.4. The van der Waals surface area contributed by atoms with Gasteiger partial charge in [-0.25, -0.2) is 4.98 Å². The Kier molecular flexibility index (Phi) is 5.18. The number of amides is 1. The Morgan fingerprint density at radius 1 is 1.11 bits per heavy atom. The van der Waals surface area contributed by atoms with Gasteiger partial charge in [-0.05, 0) is 49.4 Å². The maximum Gasteiger partial charge on any atom is 0.247 e. The predicted molar refractivity (Wildman–Crippen MR) is 111 cm³/mol. The van der Waals surface area contributed by atoms with Crippen LogP contribution in [0.15, 0.2) is 65.3 Å². The minimum Gasteiger partial charge on any atom is -0.467 e. The van der Waals surface area contributed by atoms with E-state index in [9.17, 15) is 4.79 Å². The van der Waals surface area contributed by atoms with Crippen molar-refractivity contribution in [1.82, 2.24) is 9.88 Å². The lowest BCUT2D eigenvalue weighted by molar-refractivity contribution is -0.127. The first-order chi connectivity index (χ1) is 13.2. The van der Waals surface area contributed by atoms with Crippen LogP contribution < -0.4 is 0 Å². The van der Waals surface area contributed by atoms with Crippen LogP contribution in [0.5, 0.6) is 0 Å². The molecular weight excluding hydrogens is 376 g/mol. The second-order valence-corrected chi connectivity index (χ2v) is 8.57. The molecule has 4 rings (SSSR count). The number of thiophene rings is 1. The number of aryl methyl sites for hydroxylation is 1. The highest BCUT2D eigenvalue weighted by Crippen LogP contribution is 2.23. The molecule has 0 bridgehead atoms. The molecule has 1 aromatic carbocycles. The van der Waals surface area contributed by atoms with Crippen LogP contribution >= 0.6 is 22.7 Å². The van der Waals surface area contributed by atoms with Gasteiger partial charge >= 0.3 is 0 Å². The Morgan fingerprint density at radius 3 is 2.74 bits per heavy atom. The van der Waals surface area contributed by atoms with Gasteiger partial charge in [0.2, 0.25) is 5.91 Å². The van der Waals surface area contributed by atoms with E-state index in [0.29, 0.717) is 13.1 Å². The van der Waals surface area contributed by atoms with Gasteiger partial charge < -0.3 is 9.32 Å². The molecule has 0 spiro atoms. The molecule has 3 aromatic heterocycles. The Balaban J connectivity index is 1.53. The van der Waals surface area contributed by atoms with E-state index >= 15 is 0 Å². The Hall–Kier alpha value is -2.70. The number of fused-ring (bicyclic) bond motifs is 1. The third kappa shape index (κ3) is 4.35. The van der Waals surface area contributed by atoms with Crippen LogP contribution in [0.4, 0.5) is 0 Å². The van der Waals surface area contributed by atoms with E-state index < -0.39 is 0 Å². The number of thiazole rings is 1. The molecule has 0 atom stereocenters. The minimum absolute atomic E-state index is 0.0586. The molecule has 0 saturated carbocycles. The maximum absolute atomic E-state index is 12.8. The summed E-state index contributed by atoms with van der Waals surface area (Å²) < 4.78 is 6.55. The zero-order valence-electron chi connectivity index (χ0n) is 14.8. The summed E-state index contributed by atoms with van der Waals surface area (Å²) in [6, 6.07) is 15.8. The molecule has 3 heterocycles. The van der Waals surface area contributed by atoms with Crippen molar-refractivity contribution >= 4 is 44.9 Å². The average Bonchev–Trinajstić information content (AvgIpc) is 3.40. The Labute approximate surface area is 165 Å². The number of para-hydroxylation sites is 1. The molecule has 4 nitrogen and oxygen atoms in total. The van der Waals surface area contributed by atoms with Crippen LogP contribution in [-0.2, 0) is 17.9 Å². The predicted octanol–water partition coefficient (Wildman–Crippen LogP) is 5.50.